The number of pyridine rings is 1. The van der Waals surface area contributed by atoms with Gasteiger partial charge in [-0.2, -0.15) is 0 Å². The Bertz CT molecular complexity index is 379. The van der Waals surface area contributed by atoms with Gasteiger partial charge in [-0.25, -0.2) is 0 Å². The summed E-state index contributed by atoms with van der Waals surface area (Å²) in [6.45, 7) is 4.01. The molecule has 1 saturated carbocycles. The van der Waals surface area contributed by atoms with Gasteiger partial charge in [0.2, 0.25) is 0 Å². The number of rotatable bonds is 3. The van der Waals surface area contributed by atoms with Crippen LogP contribution >= 0.6 is 0 Å². The topological polar surface area (TPSA) is 42.4 Å². The van der Waals surface area contributed by atoms with Crippen LogP contribution in [0.15, 0.2) is 18.5 Å². The molecule has 0 spiro atoms. The second kappa shape index (κ2) is 6.19. The Morgan fingerprint density at radius 2 is 2.00 bits per heavy atom. The smallest absolute Gasteiger partial charge is 0.138 e. The monoisotopic (exact) mass is 249 g/mol. The molecule has 0 bridgehead atoms. The standard InChI is InChI=1S/C15H23NO2/c1-11(2)18-13-8-12(9-16-10-13)14-6-4-3-5-7-15(14)17/h8-11,14-15,17H,3-7H2,1-2H3. The SMILES string of the molecule is CC(C)Oc1cncc(C2CCCCCC2O)c1. The van der Waals surface area contributed by atoms with Crippen molar-refractivity contribution in [1.29, 1.82) is 0 Å². The number of aromatic nitrogens is 1. The molecule has 1 N–H and O–H groups in total. The Balaban J connectivity index is 2.15. The molecule has 0 aliphatic heterocycles. The first-order valence-corrected chi connectivity index (χ1v) is 6.96. The van der Waals surface area contributed by atoms with Crippen LogP contribution in [0.5, 0.6) is 5.75 Å². The zero-order valence-corrected chi connectivity index (χ0v) is 11.3. The zero-order chi connectivity index (χ0) is 13.0. The molecule has 1 aliphatic rings. The van der Waals surface area contributed by atoms with Crippen molar-refractivity contribution in [3.05, 3.63) is 24.0 Å². The lowest BCUT2D eigenvalue weighted by atomic mass is 9.90. The molecule has 0 aromatic carbocycles. The maximum atomic E-state index is 10.2. The Hall–Kier alpha value is -1.09. The lowest BCUT2D eigenvalue weighted by Gasteiger charge is -2.21. The van der Waals surface area contributed by atoms with Crippen LogP contribution in [0, 0.1) is 0 Å². The number of aliphatic hydroxyl groups excluding tert-OH is 1. The predicted molar refractivity (Wildman–Crippen MR) is 71.8 cm³/mol. The molecule has 1 heterocycles. The van der Waals surface area contributed by atoms with Crippen LogP contribution in [0.2, 0.25) is 0 Å². The minimum atomic E-state index is -0.233. The normalized spacial score (nSPS) is 24.9. The highest BCUT2D eigenvalue weighted by atomic mass is 16.5. The highest BCUT2D eigenvalue weighted by Gasteiger charge is 2.23. The van der Waals surface area contributed by atoms with E-state index in [-0.39, 0.29) is 18.1 Å². The highest BCUT2D eigenvalue weighted by molar-refractivity contribution is 5.27. The van der Waals surface area contributed by atoms with E-state index >= 15 is 0 Å². The summed E-state index contributed by atoms with van der Waals surface area (Å²) < 4.78 is 5.67. The summed E-state index contributed by atoms with van der Waals surface area (Å²) in [5, 5.41) is 10.2. The minimum absolute atomic E-state index is 0.154. The van der Waals surface area contributed by atoms with Gasteiger partial charge in [0.15, 0.2) is 0 Å². The number of nitrogens with zero attached hydrogens (tertiary/aromatic N) is 1. The van der Waals surface area contributed by atoms with Gasteiger partial charge in [-0.15, -0.1) is 0 Å². The molecule has 18 heavy (non-hydrogen) atoms. The first-order valence-electron chi connectivity index (χ1n) is 6.96. The Labute approximate surface area is 109 Å². The van der Waals surface area contributed by atoms with Crippen molar-refractivity contribution >= 4 is 0 Å². The molecule has 2 rings (SSSR count). The number of hydrogen-bond donors (Lipinski definition) is 1. The fraction of sp³-hybridized carbons (Fsp3) is 0.667. The van der Waals surface area contributed by atoms with E-state index in [1.165, 1.54) is 12.8 Å². The largest absolute Gasteiger partial charge is 0.489 e. The molecule has 1 aromatic heterocycles. The number of aliphatic hydroxyl groups is 1. The second-order valence-electron chi connectivity index (χ2n) is 5.43. The van der Waals surface area contributed by atoms with Gasteiger partial charge in [-0.3, -0.25) is 4.98 Å². The van der Waals surface area contributed by atoms with Gasteiger partial charge in [0.05, 0.1) is 18.4 Å². The van der Waals surface area contributed by atoms with Crippen molar-refractivity contribution in [1.82, 2.24) is 4.98 Å². The quantitative estimate of drug-likeness (QED) is 0.836. The molecule has 1 fully saturated rings. The van der Waals surface area contributed by atoms with Crippen molar-refractivity contribution in [2.75, 3.05) is 0 Å². The van der Waals surface area contributed by atoms with E-state index in [0.717, 1.165) is 30.6 Å². The van der Waals surface area contributed by atoms with Crippen molar-refractivity contribution < 1.29 is 9.84 Å². The fourth-order valence-corrected chi connectivity index (χ4v) is 2.65. The summed E-state index contributed by atoms with van der Waals surface area (Å²) in [4.78, 5) is 4.24. The summed E-state index contributed by atoms with van der Waals surface area (Å²) in [7, 11) is 0. The van der Waals surface area contributed by atoms with Crippen LogP contribution in [0.25, 0.3) is 0 Å². The van der Waals surface area contributed by atoms with E-state index in [1.807, 2.05) is 26.1 Å². The molecule has 1 aromatic rings. The fourth-order valence-electron chi connectivity index (χ4n) is 2.65. The van der Waals surface area contributed by atoms with Gasteiger partial charge in [0, 0.05) is 12.1 Å². The van der Waals surface area contributed by atoms with Crippen LogP contribution in [-0.2, 0) is 0 Å². The van der Waals surface area contributed by atoms with Crippen LogP contribution in [0.3, 0.4) is 0 Å². The van der Waals surface area contributed by atoms with Gasteiger partial charge < -0.3 is 9.84 Å². The van der Waals surface area contributed by atoms with Gasteiger partial charge in [-0.05, 0) is 38.3 Å². The van der Waals surface area contributed by atoms with Crippen molar-refractivity contribution in [2.45, 2.75) is 64.1 Å². The molecule has 0 amide bonds. The zero-order valence-electron chi connectivity index (χ0n) is 11.3. The van der Waals surface area contributed by atoms with Crippen LogP contribution < -0.4 is 4.74 Å². The highest BCUT2D eigenvalue weighted by Crippen LogP contribution is 2.33. The molecular formula is C15H23NO2. The molecule has 0 radical (unpaired) electrons. The third-order valence-electron chi connectivity index (χ3n) is 3.51. The third-order valence-corrected chi connectivity index (χ3v) is 3.51. The number of ether oxygens (including phenoxy) is 1. The van der Waals surface area contributed by atoms with E-state index in [9.17, 15) is 5.11 Å². The molecule has 1 aliphatic carbocycles. The summed E-state index contributed by atoms with van der Waals surface area (Å²) in [6, 6.07) is 2.03. The van der Waals surface area contributed by atoms with E-state index in [2.05, 4.69) is 4.98 Å². The van der Waals surface area contributed by atoms with E-state index in [1.54, 1.807) is 6.20 Å². The van der Waals surface area contributed by atoms with E-state index in [4.69, 9.17) is 4.74 Å². The third kappa shape index (κ3) is 3.45. The Morgan fingerprint density at radius 3 is 2.78 bits per heavy atom. The predicted octanol–water partition coefficient (Wildman–Crippen LogP) is 3.28. The summed E-state index contributed by atoms with van der Waals surface area (Å²) in [5.74, 6) is 1.02. The number of hydrogen-bond acceptors (Lipinski definition) is 3. The summed E-state index contributed by atoms with van der Waals surface area (Å²) >= 11 is 0. The molecular weight excluding hydrogens is 226 g/mol. The molecule has 3 nitrogen and oxygen atoms in total. The molecule has 2 atom stereocenters. The van der Waals surface area contributed by atoms with Crippen LogP contribution in [0.4, 0.5) is 0 Å². The van der Waals surface area contributed by atoms with Gasteiger partial charge in [-0.1, -0.05) is 19.3 Å². The lowest BCUT2D eigenvalue weighted by Crippen LogP contribution is -2.17. The molecule has 2 unspecified atom stereocenters. The van der Waals surface area contributed by atoms with Crippen molar-refractivity contribution in [2.24, 2.45) is 0 Å². The first-order chi connectivity index (χ1) is 8.66. The van der Waals surface area contributed by atoms with E-state index < -0.39 is 0 Å². The van der Waals surface area contributed by atoms with Crippen LogP contribution in [0.1, 0.15) is 57.4 Å². The lowest BCUT2D eigenvalue weighted by molar-refractivity contribution is 0.135. The molecule has 3 heteroatoms. The molecule has 100 valence electrons. The van der Waals surface area contributed by atoms with E-state index in [0.29, 0.717) is 0 Å². The second-order valence-corrected chi connectivity index (χ2v) is 5.43. The van der Waals surface area contributed by atoms with Crippen LogP contribution in [-0.4, -0.2) is 22.3 Å². The Kier molecular flexibility index (Phi) is 4.59. The minimum Gasteiger partial charge on any atom is -0.489 e. The van der Waals surface area contributed by atoms with Crippen molar-refractivity contribution in [3.63, 3.8) is 0 Å². The van der Waals surface area contributed by atoms with Gasteiger partial charge in [0.25, 0.3) is 0 Å². The Morgan fingerprint density at radius 1 is 1.22 bits per heavy atom. The van der Waals surface area contributed by atoms with Gasteiger partial charge >= 0.3 is 0 Å². The first kappa shape index (κ1) is 13.3. The summed E-state index contributed by atoms with van der Waals surface area (Å²) in [6.07, 6.45) is 9.03. The average Bonchev–Trinajstić information content (AvgIpc) is 2.53. The molecule has 0 saturated heterocycles. The average molecular weight is 249 g/mol. The summed E-state index contributed by atoms with van der Waals surface area (Å²) in [5.41, 5.74) is 1.11. The van der Waals surface area contributed by atoms with Gasteiger partial charge in [0.1, 0.15) is 5.75 Å². The van der Waals surface area contributed by atoms with Crippen molar-refractivity contribution in [3.8, 4) is 5.75 Å². The maximum Gasteiger partial charge on any atom is 0.138 e. The maximum absolute atomic E-state index is 10.2.